The highest BCUT2D eigenvalue weighted by Gasteiger charge is 2.11. The Balaban J connectivity index is 1.91. The van der Waals surface area contributed by atoms with E-state index in [-0.39, 0.29) is 0 Å². The summed E-state index contributed by atoms with van der Waals surface area (Å²) >= 11 is 6.12. The standard InChI is InChI=1S/C19H22ClN3/c20-16-10-11-18-17(13-16)22-19(9-5-2-6-12-21)23(18)14-15-7-3-1-4-8-15/h1,3-4,7-8,10-11,13H,2,5-6,9,12,14,21H2. The third-order valence-electron chi connectivity index (χ3n) is 4.08. The molecule has 1 aromatic heterocycles. The Morgan fingerprint density at radius 1 is 1.00 bits per heavy atom. The zero-order chi connectivity index (χ0) is 16.1. The van der Waals surface area contributed by atoms with E-state index < -0.39 is 0 Å². The number of imidazole rings is 1. The first-order valence-electron chi connectivity index (χ1n) is 8.16. The summed E-state index contributed by atoms with van der Waals surface area (Å²) in [6.07, 6.45) is 4.30. The number of nitrogens with two attached hydrogens (primary N) is 1. The van der Waals surface area contributed by atoms with E-state index in [9.17, 15) is 0 Å². The SMILES string of the molecule is NCCCCCc1nc2cc(Cl)ccc2n1Cc1ccccc1. The lowest BCUT2D eigenvalue weighted by molar-refractivity contribution is 0.644. The van der Waals surface area contributed by atoms with E-state index in [1.165, 1.54) is 5.56 Å². The first kappa shape index (κ1) is 16.0. The fourth-order valence-corrected chi connectivity index (χ4v) is 3.06. The molecule has 3 rings (SSSR count). The minimum absolute atomic E-state index is 0.733. The molecule has 2 N–H and O–H groups in total. The van der Waals surface area contributed by atoms with E-state index in [2.05, 4.69) is 34.9 Å². The second-order valence-electron chi connectivity index (χ2n) is 5.83. The van der Waals surface area contributed by atoms with Crippen LogP contribution < -0.4 is 5.73 Å². The van der Waals surface area contributed by atoms with Crippen LogP contribution in [0.1, 0.15) is 30.7 Å². The van der Waals surface area contributed by atoms with Crippen LogP contribution in [0.3, 0.4) is 0 Å². The van der Waals surface area contributed by atoms with E-state index in [1.807, 2.05) is 18.2 Å². The van der Waals surface area contributed by atoms with Crippen molar-refractivity contribution in [3.8, 4) is 0 Å². The van der Waals surface area contributed by atoms with Gasteiger partial charge >= 0.3 is 0 Å². The number of fused-ring (bicyclic) bond motifs is 1. The lowest BCUT2D eigenvalue weighted by Crippen LogP contribution is -2.06. The number of aromatic nitrogens is 2. The number of halogens is 1. The molecule has 0 amide bonds. The molecule has 0 atom stereocenters. The molecule has 0 aliphatic rings. The fourth-order valence-electron chi connectivity index (χ4n) is 2.89. The van der Waals surface area contributed by atoms with Crippen molar-refractivity contribution >= 4 is 22.6 Å². The lowest BCUT2D eigenvalue weighted by atomic mass is 10.2. The number of hydrogen-bond donors (Lipinski definition) is 1. The van der Waals surface area contributed by atoms with Gasteiger partial charge < -0.3 is 10.3 Å². The lowest BCUT2D eigenvalue weighted by Gasteiger charge is -2.09. The Morgan fingerprint density at radius 3 is 2.61 bits per heavy atom. The Morgan fingerprint density at radius 2 is 1.83 bits per heavy atom. The van der Waals surface area contributed by atoms with Crippen LogP contribution in [0.15, 0.2) is 48.5 Å². The molecule has 0 fully saturated rings. The monoisotopic (exact) mass is 327 g/mol. The molecule has 0 radical (unpaired) electrons. The largest absolute Gasteiger partial charge is 0.330 e. The molecule has 3 aromatic rings. The Labute approximate surface area is 142 Å². The molecule has 0 saturated carbocycles. The third kappa shape index (κ3) is 3.92. The summed E-state index contributed by atoms with van der Waals surface area (Å²) in [4.78, 5) is 4.81. The molecule has 0 aliphatic carbocycles. The number of benzene rings is 2. The Bertz CT molecular complexity index is 765. The highest BCUT2D eigenvalue weighted by atomic mass is 35.5. The second-order valence-corrected chi connectivity index (χ2v) is 6.27. The van der Waals surface area contributed by atoms with Gasteiger partial charge in [0.25, 0.3) is 0 Å². The zero-order valence-electron chi connectivity index (χ0n) is 13.2. The molecule has 1 heterocycles. The second kappa shape index (κ2) is 7.62. The van der Waals surface area contributed by atoms with Gasteiger partial charge in [-0.3, -0.25) is 0 Å². The van der Waals surface area contributed by atoms with Gasteiger partial charge in [-0.2, -0.15) is 0 Å². The van der Waals surface area contributed by atoms with E-state index in [1.54, 1.807) is 0 Å². The van der Waals surface area contributed by atoms with Crippen LogP contribution >= 0.6 is 11.6 Å². The van der Waals surface area contributed by atoms with Gasteiger partial charge in [-0.15, -0.1) is 0 Å². The van der Waals surface area contributed by atoms with Gasteiger partial charge in [-0.25, -0.2) is 4.98 Å². The number of unbranched alkanes of at least 4 members (excludes halogenated alkanes) is 2. The molecule has 120 valence electrons. The first-order valence-corrected chi connectivity index (χ1v) is 8.54. The van der Waals surface area contributed by atoms with Crippen LogP contribution in [0.25, 0.3) is 11.0 Å². The molecular weight excluding hydrogens is 306 g/mol. The Hall–Kier alpha value is -1.84. The van der Waals surface area contributed by atoms with E-state index >= 15 is 0 Å². The van der Waals surface area contributed by atoms with Gasteiger partial charge in [0.05, 0.1) is 11.0 Å². The quantitative estimate of drug-likeness (QED) is 0.653. The predicted molar refractivity (Wildman–Crippen MR) is 96.9 cm³/mol. The first-order chi connectivity index (χ1) is 11.3. The highest BCUT2D eigenvalue weighted by Crippen LogP contribution is 2.23. The number of hydrogen-bond acceptors (Lipinski definition) is 2. The summed E-state index contributed by atoms with van der Waals surface area (Å²) in [5.74, 6) is 1.13. The number of aryl methyl sites for hydroxylation is 1. The van der Waals surface area contributed by atoms with E-state index in [0.717, 1.165) is 60.7 Å². The van der Waals surface area contributed by atoms with Crippen LogP contribution in [-0.4, -0.2) is 16.1 Å². The minimum atomic E-state index is 0.733. The van der Waals surface area contributed by atoms with Crippen molar-refractivity contribution in [1.29, 1.82) is 0 Å². The van der Waals surface area contributed by atoms with Gasteiger partial charge in [0, 0.05) is 18.0 Å². The molecule has 2 aromatic carbocycles. The van der Waals surface area contributed by atoms with Crippen LogP contribution in [-0.2, 0) is 13.0 Å². The van der Waals surface area contributed by atoms with Crippen LogP contribution in [0.5, 0.6) is 0 Å². The summed E-state index contributed by atoms with van der Waals surface area (Å²) < 4.78 is 2.31. The van der Waals surface area contributed by atoms with Crippen LogP contribution in [0, 0.1) is 0 Å². The molecular formula is C19H22ClN3. The maximum Gasteiger partial charge on any atom is 0.110 e. The number of nitrogens with zero attached hydrogens (tertiary/aromatic N) is 2. The van der Waals surface area contributed by atoms with Gasteiger partial charge in [-0.1, -0.05) is 48.4 Å². The van der Waals surface area contributed by atoms with E-state index in [4.69, 9.17) is 22.3 Å². The average molecular weight is 328 g/mol. The topological polar surface area (TPSA) is 43.8 Å². The predicted octanol–water partition coefficient (Wildman–Crippen LogP) is 4.41. The summed E-state index contributed by atoms with van der Waals surface area (Å²) in [5, 5.41) is 0.733. The summed E-state index contributed by atoms with van der Waals surface area (Å²) in [7, 11) is 0. The van der Waals surface area contributed by atoms with Crippen molar-refractivity contribution in [2.75, 3.05) is 6.54 Å². The van der Waals surface area contributed by atoms with Gasteiger partial charge in [0.1, 0.15) is 5.82 Å². The van der Waals surface area contributed by atoms with Gasteiger partial charge in [0.15, 0.2) is 0 Å². The van der Waals surface area contributed by atoms with Crippen molar-refractivity contribution < 1.29 is 0 Å². The van der Waals surface area contributed by atoms with Crippen LogP contribution in [0.4, 0.5) is 0 Å². The van der Waals surface area contributed by atoms with Crippen molar-refractivity contribution in [1.82, 2.24) is 9.55 Å². The van der Waals surface area contributed by atoms with Crippen LogP contribution in [0.2, 0.25) is 5.02 Å². The highest BCUT2D eigenvalue weighted by molar-refractivity contribution is 6.31. The summed E-state index contributed by atoms with van der Waals surface area (Å²) in [6, 6.07) is 16.4. The van der Waals surface area contributed by atoms with Gasteiger partial charge in [0.2, 0.25) is 0 Å². The smallest absolute Gasteiger partial charge is 0.110 e. The average Bonchev–Trinajstić information content (AvgIpc) is 2.89. The molecule has 0 bridgehead atoms. The normalized spacial score (nSPS) is 11.2. The molecule has 3 nitrogen and oxygen atoms in total. The molecule has 0 aliphatic heterocycles. The van der Waals surface area contributed by atoms with Crippen molar-refractivity contribution in [3.63, 3.8) is 0 Å². The maximum atomic E-state index is 6.12. The molecule has 0 saturated heterocycles. The molecule has 4 heteroatoms. The van der Waals surface area contributed by atoms with Crippen molar-refractivity contribution in [2.24, 2.45) is 5.73 Å². The van der Waals surface area contributed by atoms with Crippen molar-refractivity contribution in [3.05, 3.63) is 64.9 Å². The molecule has 0 spiro atoms. The molecule has 0 unspecified atom stereocenters. The van der Waals surface area contributed by atoms with Gasteiger partial charge in [-0.05, 0) is 43.1 Å². The molecule has 23 heavy (non-hydrogen) atoms. The summed E-state index contributed by atoms with van der Waals surface area (Å²) in [5.41, 5.74) is 8.98. The third-order valence-corrected chi connectivity index (χ3v) is 4.31. The van der Waals surface area contributed by atoms with Crippen molar-refractivity contribution in [2.45, 2.75) is 32.2 Å². The Kier molecular flexibility index (Phi) is 5.31. The van der Waals surface area contributed by atoms with E-state index in [0.29, 0.717) is 0 Å². The summed E-state index contributed by atoms with van der Waals surface area (Å²) in [6.45, 7) is 1.60. The number of rotatable bonds is 7. The minimum Gasteiger partial charge on any atom is -0.330 e. The zero-order valence-corrected chi connectivity index (χ0v) is 14.0. The fraction of sp³-hybridized carbons (Fsp3) is 0.316. The maximum absolute atomic E-state index is 6.12.